The number of amides is 1. The molecule has 1 heterocycles. The number of nitrogens with one attached hydrogen (secondary N) is 1. The number of hydrazone groups is 1. The molecule has 0 atom stereocenters. The highest BCUT2D eigenvalue weighted by atomic mass is 35.5. The Morgan fingerprint density at radius 2 is 1.96 bits per heavy atom. The number of carbonyl (C=O) groups excluding carboxylic acids is 1. The smallest absolute Gasteiger partial charge is 0.280 e. The van der Waals surface area contributed by atoms with Crippen LogP contribution in [0.1, 0.15) is 16.1 Å². The lowest BCUT2D eigenvalue weighted by Gasteiger charge is -2.00. The van der Waals surface area contributed by atoms with Gasteiger partial charge in [0.15, 0.2) is 0 Å². The van der Waals surface area contributed by atoms with Gasteiger partial charge in [-0.15, -0.1) is 0 Å². The molecule has 8 heteroatoms. The molecule has 0 aliphatic rings. The molecule has 0 aliphatic heterocycles. The topological polar surface area (TPSA) is 97.7 Å². The summed E-state index contributed by atoms with van der Waals surface area (Å²) in [5, 5.41) is 15.4. The Bertz CT molecular complexity index is 997. The van der Waals surface area contributed by atoms with Crippen molar-refractivity contribution >= 4 is 29.4 Å². The van der Waals surface area contributed by atoms with Crippen LogP contribution in [-0.4, -0.2) is 17.0 Å². The molecule has 7 nitrogen and oxygen atoms in total. The van der Waals surface area contributed by atoms with E-state index in [0.717, 1.165) is 0 Å². The summed E-state index contributed by atoms with van der Waals surface area (Å²) >= 11 is 5.83. The first-order chi connectivity index (χ1) is 12.5. The average molecular weight is 370 g/mol. The van der Waals surface area contributed by atoms with Crippen molar-refractivity contribution in [2.24, 2.45) is 5.10 Å². The molecule has 0 aliphatic carbocycles. The molecule has 130 valence electrons. The van der Waals surface area contributed by atoms with E-state index in [0.29, 0.717) is 27.7 Å². The molecule has 1 N–H and O–H groups in total. The highest BCUT2D eigenvalue weighted by Gasteiger charge is 2.16. The van der Waals surface area contributed by atoms with Crippen LogP contribution in [0.2, 0.25) is 5.02 Å². The number of hydrogen-bond acceptors (Lipinski definition) is 5. The molecule has 0 radical (unpaired) electrons. The van der Waals surface area contributed by atoms with E-state index in [1.807, 2.05) is 0 Å². The number of benzene rings is 2. The maximum Gasteiger partial charge on any atom is 0.280 e. The predicted octanol–water partition coefficient (Wildman–Crippen LogP) is 4.27. The maximum absolute atomic E-state index is 11.9. The fraction of sp³-hybridized carbons (Fsp3) is 0. The zero-order chi connectivity index (χ0) is 18.5. The van der Waals surface area contributed by atoms with E-state index in [2.05, 4.69) is 10.5 Å². The number of nitrogens with zero attached hydrogens (tertiary/aromatic N) is 2. The molecule has 0 spiro atoms. The molecular weight excluding hydrogens is 358 g/mol. The molecule has 26 heavy (non-hydrogen) atoms. The summed E-state index contributed by atoms with van der Waals surface area (Å²) < 4.78 is 5.54. The lowest BCUT2D eigenvalue weighted by molar-refractivity contribution is -0.384. The Hall–Kier alpha value is -3.45. The van der Waals surface area contributed by atoms with Crippen molar-refractivity contribution in [3.8, 4) is 11.3 Å². The van der Waals surface area contributed by atoms with E-state index in [9.17, 15) is 14.9 Å². The largest absolute Gasteiger partial charge is 0.455 e. The van der Waals surface area contributed by atoms with Gasteiger partial charge >= 0.3 is 0 Å². The lowest BCUT2D eigenvalue weighted by atomic mass is 10.1. The molecule has 0 saturated heterocycles. The Balaban J connectivity index is 1.72. The Morgan fingerprint density at radius 1 is 1.15 bits per heavy atom. The van der Waals surface area contributed by atoms with Crippen LogP contribution in [0.4, 0.5) is 5.69 Å². The van der Waals surface area contributed by atoms with E-state index in [1.165, 1.54) is 18.3 Å². The van der Waals surface area contributed by atoms with E-state index in [1.54, 1.807) is 48.5 Å². The van der Waals surface area contributed by atoms with Crippen molar-refractivity contribution in [1.29, 1.82) is 0 Å². The minimum absolute atomic E-state index is 0.0559. The fourth-order valence-corrected chi connectivity index (χ4v) is 2.45. The number of para-hydroxylation sites is 1. The quantitative estimate of drug-likeness (QED) is 0.412. The first-order valence-corrected chi connectivity index (χ1v) is 7.85. The summed E-state index contributed by atoms with van der Waals surface area (Å²) in [6.07, 6.45) is 1.31. The van der Waals surface area contributed by atoms with Crippen molar-refractivity contribution in [1.82, 2.24) is 5.43 Å². The highest BCUT2D eigenvalue weighted by Crippen LogP contribution is 2.30. The van der Waals surface area contributed by atoms with Crippen LogP contribution < -0.4 is 5.43 Å². The van der Waals surface area contributed by atoms with Crippen LogP contribution in [-0.2, 0) is 0 Å². The zero-order valence-corrected chi connectivity index (χ0v) is 14.0. The first-order valence-electron chi connectivity index (χ1n) is 7.47. The normalized spacial score (nSPS) is 10.8. The van der Waals surface area contributed by atoms with Gasteiger partial charge < -0.3 is 4.42 Å². The van der Waals surface area contributed by atoms with Gasteiger partial charge in [0.2, 0.25) is 0 Å². The summed E-state index contributed by atoms with van der Waals surface area (Å²) in [5.74, 6) is 0.249. The number of carbonyl (C=O) groups is 1. The molecule has 1 aromatic heterocycles. The Kier molecular flexibility index (Phi) is 5.09. The monoisotopic (exact) mass is 369 g/mol. The zero-order valence-electron chi connectivity index (χ0n) is 13.3. The molecule has 0 saturated carbocycles. The van der Waals surface area contributed by atoms with Crippen LogP contribution in [0.15, 0.2) is 70.2 Å². The Labute approximate surface area is 153 Å². The second-order valence-electron chi connectivity index (χ2n) is 5.19. The summed E-state index contributed by atoms with van der Waals surface area (Å²) in [6.45, 7) is 0. The van der Waals surface area contributed by atoms with Gasteiger partial charge in [-0.25, -0.2) is 5.43 Å². The highest BCUT2D eigenvalue weighted by molar-refractivity contribution is 6.30. The van der Waals surface area contributed by atoms with E-state index in [-0.39, 0.29) is 5.69 Å². The van der Waals surface area contributed by atoms with Crippen molar-refractivity contribution in [3.05, 3.63) is 87.1 Å². The number of furan rings is 1. The number of nitro groups is 1. The van der Waals surface area contributed by atoms with Gasteiger partial charge in [-0.1, -0.05) is 29.8 Å². The van der Waals surface area contributed by atoms with Gasteiger partial charge in [-0.3, -0.25) is 14.9 Å². The molecule has 3 rings (SSSR count). The third-order valence-electron chi connectivity index (χ3n) is 3.44. The van der Waals surface area contributed by atoms with Gasteiger partial charge in [0.25, 0.3) is 11.6 Å². The van der Waals surface area contributed by atoms with Crippen molar-refractivity contribution in [2.75, 3.05) is 0 Å². The summed E-state index contributed by atoms with van der Waals surface area (Å²) in [7, 11) is 0. The summed E-state index contributed by atoms with van der Waals surface area (Å²) in [6, 6.07) is 15.9. The number of nitro benzene ring substituents is 1. The van der Waals surface area contributed by atoms with Crippen LogP contribution in [0, 0.1) is 10.1 Å². The second kappa shape index (κ2) is 7.62. The van der Waals surface area contributed by atoms with E-state index < -0.39 is 10.8 Å². The van der Waals surface area contributed by atoms with Crippen LogP contribution >= 0.6 is 11.6 Å². The SMILES string of the molecule is O=C(N/N=C\c1ccc(-c2ccccc2[N+](=O)[O-])o1)c1cccc(Cl)c1. The minimum atomic E-state index is -0.475. The van der Waals surface area contributed by atoms with Crippen molar-refractivity contribution < 1.29 is 14.1 Å². The van der Waals surface area contributed by atoms with Gasteiger partial charge in [-0.05, 0) is 36.4 Å². The minimum Gasteiger partial charge on any atom is -0.455 e. The van der Waals surface area contributed by atoms with Gasteiger partial charge in [0.1, 0.15) is 11.5 Å². The van der Waals surface area contributed by atoms with Crippen molar-refractivity contribution in [2.45, 2.75) is 0 Å². The average Bonchev–Trinajstić information content (AvgIpc) is 3.10. The number of halogens is 1. The number of hydrogen-bond donors (Lipinski definition) is 1. The second-order valence-corrected chi connectivity index (χ2v) is 5.62. The standard InChI is InChI=1S/C18H12ClN3O4/c19-13-5-3-4-12(10-13)18(23)21-20-11-14-8-9-17(26-14)15-6-1-2-7-16(15)22(24)25/h1-11H,(H,21,23)/b20-11-. The maximum atomic E-state index is 11.9. The molecule has 3 aromatic rings. The molecule has 0 fully saturated rings. The first kappa shape index (κ1) is 17.4. The molecule has 2 aromatic carbocycles. The van der Waals surface area contributed by atoms with Crippen LogP contribution in [0.25, 0.3) is 11.3 Å². The third-order valence-corrected chi connectivity index (χ3v) is 3.67. The van der Waals surface area contributed by atoms with Gasteiger partial charge in [-0.2, -0.15) is 5.10 Å². The summed E-state index contributed by atoms with van der Waals surface area (Å²) in [5.41, 5.74) is 3.03. The summed E-state index contributed by atoms with van der Waals surface area (Å²) in [4.78, 5) is 22.6. The molecule has 0 unspecified atom stereocenters. The van der Waals surface area contributed by atoms with Crippen LogP contribution in [0.5, 0.6) is 0 Å². The van der Waals surface area contributed by atoms with Crippen molar-refractivity contribution in [3.63, 3.8) is 0 Å². The third kappa shape index (κ3) is 3.96. The van der Waals surface area contributed by atoms with E-state index in [4.69, 9.17) is 16.0 Å². The Morgan fingerprint density at radius 3 is 2.73 bits per heavy atom. The predicted molar refractivity (Wildman–Crippen MR) is 97.3 cm³/mol. The van der Waals surface area contributed by atoms with Crippen LogP contribution in [0.3, 0.4) is 0 Å². The van der Waals surface area contributed by atoms with E-state index >= 15 is 0 Å². The molecule has 0 bridgehead atoms. The molecule has 1 amide bonds. The lowest BCUT2D eigenvalue weighted by Crippen LogP contribution is -2.17. The van der Waals surface area contributed by atoms with Gasteiger partial charge in [0, 0.05) is 16.7 Å². The van der Waals surface area contributed by atoms with Gasteiger partial charge in [0.05, 0.1) is 16.7 Å². The fourth-order valence-electron chi connectivity index (χ4n) is 2.26. The number of rotatable bonds is 5. The molecular formula is C18H12ClN3O4.